The fourth-order valence-corrected chi connectivity index (χ4v) is 2.39. The van der Waals surface area contributed by atoms with Crippen LogP contribution in [-0.2, 0) is 11.3 Å². The Labute approximate surface area is 117 Å². The van der Waals surface area contributed by atoms with Gasteiger partial charge in [0, 0.05) is 32.0 Å². The van der Waals surface area contributed by atoms with E-state index < -0.39 is 0 Å². The first-order chi connectivity index (χ1) is 9.79. The molecule has 0 aromatic carbocycles. The minimum Gasteiger partial charge on any atom is -0.378 e. The average molecular weight is 274 g/mol. The van der Waals surface area contributed by atoms with E-state index in [1.807, 2.05) is 12.3 Å². The number of pyridine rings is 1. The Bertz CT molecular complexity index is 662. The maximum atomic E-state index is 12.3. The zero-order chi connectivity index (χ0) is 13.9. The molecule has 0 aliphatic carbocycles. The summed E-state index contributed by atoms with van der Waals surface area (Å²) in [5.74, 6) is 0.674. The molecule has 3 rings (SSSR count). The summed E-state index contributed by atoms with van der Waals surface area (Å²) >= 11 is 0. The van der Waals surface area contributed by atoms with Crippen molar-refractivity contribution in [3.8, 4) is 0 Å². The number of aromatic nitrogens is 3. The first-order valence-corrected chi connectivity index (χ1v) is 6.98. The molecule has 6 nitrogen and oxygen atoms in total. The highest BCUT2D eigenvalue weighted by atomic mass is 16.5. The molecule has 0 spiro atoms. The molecule has 2 aromatic rings. The zero-order valence-corrected chi connectivity index (χ0v) is 11.6. The van der Waals surface area contributed by atoms with E-state index in [2.05, 4.69) is 21.8 Å². The van der Waals surface area contributed by atoms with Gasteiger partial charge in [0.1, 0.15) is 0 Å². The highest BCUT2D eigenvalue weighted by Gasteiger charge is 2.14. The van der Waals surface area contributed by atoms with Gasteiger partial charge in [0.15, 0.2) is 0 Å². The molecule has 6 heteroatoms. The summed E-state index contributed by atoms with van der Waals surface area (Å²) < 4.78 is 7.03. The Hall–Kier alpha value is -1.95. The second-order valence-electron chi connectivity index (χ2n) is 4.88. The van der Waals surface area contributed by atoms with E-state index >= 15 is 0 Å². The normalized spacial score (nSPS) is 15.8. The molecule has 106 valence electrons. The van der Waals surface area contributed by atoms with Crippen LogP contribution in [0.4, 0.5) is 5.95 Å². The lowest BCUT2D eigenvalue weighted by atomic mass is 10.3. The van der Waals surface area contributed by atoms with Gasteiger partial charge in [-0.2, -0.15) is 0 Å². The number of hydrogen-bond acceptors (Lipinski definition) is 5. The molecule has 0 amide bonds. The number of anilines is 1. The van der Waals surface area contributed by atoms with Crippen molar-refractivity contribution in [1.29, 1.82) is 0 Å². The molecule has 0 N–H and O–H groups in total. The minimum absolute atomic E-state index is 0.0159. The summed E-state index contributed by atoms with van der Waals surface area (Å²) in [5.41, 5.74) is 0.691. The predicted octanol–water partition coefficient (Wildman–Crippen LogP) is 1.04. The zero-order valence-electron chi connectivity index (χ0n) is 11.6. The molecule has 1 aliphatic heterocycles. The average Bonchev–Trinajstić information content (AvgIpc) is 2.51. The summed E-state index contributed by atoms with van der Waals surface area (Å²) in [4.78, 5) is 23.2. The third kappa shape index (κ3) is 2.38. The molecule has 0 bridgehead atoms. The summed E-state index contributed by atoms with van der Waals surface area (Å²) in [5, 5.41) is 0.581. The number of nitrogens with zero attached hydrogens (tertiary/aromatic N) is 4. The maximum Gasteiger partial charge on any atom is 0.261 e. The van der Waals surface area contributed by atoms with Crippen molar-refractivity contribution in [3.63, 3.8) is 0 Å². The van der Waals surface area contributed by atoms with E-state index in [-0.39, 0.29) is 5.56 Å². The standard InChI is InChI=1S/C14H18N4O2/c1-2-4-17-5-3-12-11(13(17)19)10-15-14(16-12)18-6-8-20-9-7-18/h3,5,10H,2,4,6-9H2,1H3. The number of rotatable bonds is 3. The van der Waals surface area contributed by atoms with Crippen molar-refractivity contribution in [2.45, 2.75) is 19.9 Å². The van der Waals surface area contributed by atoms with E-state index in [0.717, 1.165) is 26.1 Å². The summed E-state index contributed by atoms with van der Waals surface area (Å²) in [6.45, 7) is 5.74. The second kappa shape index (κ2) is 5.58. The molecule has 0 saturated carbocycles. The molecular weight excluding hydrogens is 256 g/mol. The maximum absolute atomic E-state index is 12.3. The molecule has 0 radical (unpaired) electrons. The van der Waals surface area contributed by atoms with Crippen LogP contribution in [0, 0.1) is 0 Å². The Balaban J connectivity index is 1.99. The van der Waals surface area contributed by atoms with Crippen LogP contribution in [0.5, 0.6) is 0 Å². The molecule has 1 saturated heterocycles. The molecule has 2 aromatic heterocycles. The van der Waals surface area contributed by atoms with Crippen LogP contribution in [0.15, 0.2) is 23.3 Å². The van der Waals surface area contributed by atoms with Crippen molar-refractivity contribution in [2.75, 3.05) is 31.2 Å². The van der Waals surface area contributed by atoms with Crippen molar-refractivity contribution >= 4 is 16.9 Å². The van der Waals surface area contributed by atoms with E-state index in [1.54, 1.807) is 10.8 Å². The van der Waals surface area contributed by atoms with Crippen LogP contribution >= 0.6 is 0 Å². The molecule has 3 heterocycles. The minimum atomic E-state index is -0.0159. The third-order valence-electron chi connectivity index (χ3n) is 3.47. The molecular formula is C14H18N4O2. The fourth-order valence-electron chi connectivity index (χ4n) is 2.39. The SMILES string of the molecule is CCCn1ccc2nc(N3CCOCC3)ncc2c1=O. The monoisotopic (exact) mass is 274 g/mol. The number of aryl methyl sites for hydroxylation is 1. The van der Waals surface area contributed by atoms with Crippen molar-refractivity contribution in [1.82, 2.24) is 14.5 Å². The molecule has 1 fully saturated rings. The molecule has 1 aliphatic rings. The van der Waals surface area contributed by atoms with E-state index in [4.69, 9.17) is 4.74 Å². The number of hydrogen-bond donors (Lipinski definition) is 0. The van der Waals surface area contributed by atoms with Gasteiger partial charge in [-0.05, 0) is 12.5 Å². The van der Waals surface area contributed by atoms with Gasteiger partial charge in [0.25, 0.3) is 5.56 Å². The van der Waals surface area contributed by atoms with Gasteiger partial charge in [-0.25, -0.2) is 9.97 Å². The van der Waals surface area contributed by atoms with Crippen LogP contribution in [0.1, 0.15) is 13.3 Å². The molecule has 20 heavy (non-hydrogen) atoms. The van der Waals surface area contributed by atoms with Crippen LogP contribution in [0.25, 0.3) is 10.9 Å². The van der Waals surface area contributed by atoms with Crippen LogP contribution in [0.2, 0.25) is 0 Å². The lowest BCUT2D eigenvalue weighted by molar-refractivity contribution is 0.122. The molecule has 0 unspecified atom stereocenters. The Kier molecular flexibility index (Phi) is 3.64. The Morgan fingerprint density at radius 1 is 1.35 bits per heavy atom. The van der Waals surface area contributed by atoms with Gasteiger partial charge in [0.05, 0.1) is 24.1 Å². The van der Waals surface area contributed by atoms with Crippen LogP contribution in [0.3, 0.4) is 0 Å². The van der Waals surface area contributed by atoms with E-state index in [9.17, 15) is 4.79 Å². The predicted molar refractivity (Wildman–Crippen MR) is 77.1 cm³/mol. The number of ether oxygens (including phenoxy) is 1. The Morgan fingerprint density at radius 3 is 2.90 bits per heavy atom. The summed E-state index contributed by atoms with van der Waals surface area (Å²) in [7, 11) is 0. The van der Waals surface area contributed by atoms with Gasteiger partial charge >= 0.3 is 0 Å². The lowest BCUT2D eigenvalue weighted by Gasteiger charge is -2.26. The first-order valence-electron chi connectivity index (χ1n) is 6.98. The van der Waals surface area contributed by atoms with Gasteiger partial charge in [-0.15, -0.1) is 0 Å². The fraction of sp³-hybridized carbons (Fsp3) is 0.500. The number of fused-ring (bicyclic) bond motifs is 1. The van der Waals surface area contributed by atoms with Gasteiger partial charge in [0.2, 0.25) is 5.95 Å². The van der Waals surface area contributed by atoms with Crippen LogP contribution in [-0.4, -0.2) is 40.8 Å². The Morgan fingerprint density at radius 2 is 2.15 bits per heavy atom. The smallest absolute Gasteiger partial charge is 0.261 e. The molecule has 0 atom stereocenters. The van der Waals surface area contributed by atoms with Gasteiger partial charge < -0.3 is 14.2 Å². The van der Waals surface area contributed by atoms with Crippen molar-refractivity contribution in [3.05, 3.63) is 28.8 Å². The largest absolute Gasteiger partial charge is 0.378 e. The van der Waals surface area contributed by atoms with Crippen molar-refractivity contribution < 1.29 is 4.74 Å². The number of morpholine rings is 1. The van der Waals surface area contributed by atoms with Gasteiger partial charge in [-0.3, -0.25) is 4.79 Å². The second-order valence-corrected chi connectivity index (χ2v) is 4.88. The van der Waals surface area contributed by atoms with E-state index in [1.165, 1.54) is 0 Å². The van der Waals surface area contributed by atoms with E-state index in [0.29, 0.717) is 30.1 Å². The highest BCUT2D eigenvalue weighted by molar-refractivity contribution is 5.77. The summed E-state index contributed by atoms with van der Waals surface area (Å²) in [6.07, 6.45) is 4.38. The van der Waals surface area contributed by atoms with Crippen LogP contribution < -0.4 is 10.5 Å². The quantitative estimate of drug-likeness (QED) is 0.837. The van der Waals surface area contributed by atoms with Gasteiger partial charge in [-0.1, -0.05) is 6.92 Å². The highest BCUT2D eigenvalue weighted by Crippen LogP contribution is 2.13. The lowest BCUT2D eigenvalue weighted by Crippen LogP contribution is -2.37. The third-order valence-corrected chi connectivity index (χ3v) is 3.47. The van der Waals surface area contributed by atoms with Crippen molar-refractivity contribution in [2.24, 2.45) is 0 Å². The topological polar surface area (TPSA) is 60.3 Å². The first kappa shape index (κ1) is 13.1. The summed E-state index contributed by atoms with van der Waals surface area (Å²) in [6, 6.07) is 1.89.